The molecule has 146 valence electrons. The number of nitrogens with one attached hydrogen (secondary N) is 2. The molecule has 0 aliphatic carbocycles. The van der Waals surface area contributed by atoms with Gasteiger partial charge in [-0.15, -0.1) is 0 Å². The summed E-state index contributed by atoms with van der Waals surface area (Å²) in [5, 5.41) is 2.84. The summed E-state index contributed by atoms with van der Waals surface area (Å²) in [6, 6.07) is 13.6. The Morgan fingerprint density at radius 3 is 2.22 bits per heavy atom. The molecule has 0 atom stereocenters. The summed E-state index contributed by atoms with van der Waals surface area (Å²) in [5.41, 5.74) is 1.62. The minimum absolute atomic E-state index is 0.0997. The summed E-state index contributed by atoms with van der Waals surface area (Å²) >= 11 is 0. The minimum atomic E-state index is -3.50. The maximum atomic E-state index is 12.1. The van der Waals surface area contributed by atoms with Gasteiger partial charge in [-0.05, 0) is 69.2 Å². The van der Waals surface area contributed by atoms with Crippen LogP contribution in [0.15, 0.2) is 53.4 Å². The van der Waals surface area contributed by atoms with Crippen LogP contribution in [0, 0.1) is 0 Å². The van der Waals surface area contributed by atoms with Crippen LogP contribution in [0.3, 0.4) is 0 Å². The average Bonchev–Trinajstić information content (AvgIpc) is 2.61. The highest BCUT2D eigenvalue weighted by Gasteiger charge is 2.15. The van der Waals surface area contributed by atoms with Crippen molar-refractivity contribution < 1.29 is 17.9 Å². The monoisotopic (exact) mass is 390 g/mol. The third kappa shape index (κ3) is 6.69. The van der Waals surface area contributed by atoms with Crippen LogP contribution in [0.25, 0.3) is 0 Å². The molecule has 0 radical (unpaired) electrons. The molecule has 0 bridgehead atoms. The molecule has 27 heavy (non-hydrogen) atoms. The van der Waals surface area contributed by atoms with Crippen molar-refractivity contribution in [2.75, 3.05) is 11.9 Å². The fourth-order valence-electron chi connectivity index (χ4n) is 2.50. The Hall–Kier alpha value is -2.38. The molecule has 2 rings (SSSR count). The van der Waals surface area contributed by atoms with E-state index in [1.54, 1.807) is 50.2 Å². The summed E-state index contributed by atoms with van der Waals surface area (Å²) in [6.45, 7) is 6.06. The Kier molecular flexibility index (Phi) is 7.38. The molecule has 0 aromatic heterocycles. The SMILES string of the molecule is CCOc1ccc(NC(=O)CCc2ccc(S(=O)(=O)NC(C)C)cc2)cc1. The second-order valence-corrected chi connectivity index (χ2v) is 8.14. The molecule has 0 unspecified atom stereocenters. The number of carbonyl (C=O) groups excluding carboxylic acids is 1. The average molecular weight is 391 g/mol. The molecule has 2 N–H and O–H groups in total. The Bertz CT molecular complexity index is 845. The molecular weight excluding hydrogens is 364 g/mol. The van der Waals surface area contributed by atoms with Crippen molar-refractivity contribution in [2.24, 2.45) is 0 Å². The largest absolute Gasteiger partial charge is 0.494 e. The van der Waals surface area contributed by atoms with Crippen molar-refractivity contribution in [2.45, 2.75) is 44.6 Å². The fraction of sp³-hybridized carbons (Fsp3) is 0.350. The molecule has 0 aliphatic heterocycles. The number of anilines is 1. The second-order valence-electron chi connectivity index (χ2n) is 6.43. The number of amides is 1. The zero-order chi connectivity index (χ0) is 19.9. The molecule has 7 heteroatoms. The van der Waals surface area contributed by atoms with Gasteiger partial charge in [-0.3, -0.25) is 4.79 Å². The number of benzene rings is 2. The van der Waals surface area contributed by atoms with E-state index in [0.717, 1.165) is 11.3 Å². The Morgan fingerprint density at radius 1 is 1.04 bits per heavy atom. The van der Waals surface area contributed by atoms with Crippen molar-refractivity contribution in [3.63, 3.8) is 0 Å². The molecule has 1 amide bonds. The molecule has 0 saturated heterocycles. The maximum absolute atomic E-state index is 12.1. The van der Waals surface area contributed by atoms with Gasteiger partial charge >= 0.3 is 0 Å². The van der Waals surface area contributed by atoms with Gasteiger partial charge in [-0.2, -0.15) is 0 Å². The van der Waals surface area contributed by atoms with E-state index in [1.165, 1.54) is 0 Å². The topological polar surface area (TPSA) is 84.5 Å². The van der Waals surface area contributed by atoms with Crippen LogP contribution >= 0.6 is 0 Å². The summed E-state index contributed by atoms with van der Waals surface area (Å²) < 4.78 is 32.1. The van der Waals surface area contributed by atoms with E-state index < -0.39 is 10.0 Å². The number of sulfonamides is 1. The third-order valence-electron chi connectivity index (χ3n) is 3.71. The van der Waals surface area contributed by atoms with Gasteiger partial charge in [0.1, 0.15) is 5.75 Å². The van der Waals surface area contributed by atoms with Crippen molar-refractivity contribution in [1.29, 1.82) is 0 Å². The first-order valence-corrected chi connectivity index (χ1v) is 10.4. The van der Waals surface area contributed by atoms with E-state index in [1.807, 2.05) is 19.1 Å². The number of ether oxygens (including phenoxy) is 1. The number of hydrogen-bond acceptors (Lipinski definition) is 4. The minimum Gasteiger partial charge on any atom is -0.494 e. The summed E-state index contributed by atoms with van der Waals surface area (Å²) in [7, 11) is -3.50. The van der Waals surface area contributed by atoms with Crippen LogP contribution in [-0.4, -0.2) is 27.0 Å². The van der Waals surface area contributed by atoms with Gasteiger partial charge in [-0.1, -0.05) is 12.1 Å². The van der Waals surface area contributed by atoms with E-state index in [9.17, 15) is 13.2 Å². The van der Waals surface area contributed by atoms with Crippen molar-refractivity contribution in [3.8, 4) is 5.75 Å². The number of carbonyl (C=O) groups is 1. The lowest BCUT2D eigenvalue weighted by Crippen LogP contribution is -2.30. The molecule has 0 heterocycles. The first-order valence-electron chi connectivity index (χ1n) is 8.94. The molecule has 0 spiro atoms. The maximum Gasteiger partial charge on any atom is 0.240 e. The van der Waals surface area contributed by atoms with Gasteiger partial charge in [0, 0.05) is 18.2 Å². The highest BCUT2D eigenvalue weighted by Crippen LogP contribution is 2.16. The van der Waals surface area contributed by atoms with Crippen LogP contribution < -0.4 is 14.8 Å². The molecule has 0 saturated carbocycles. The van der Waals surface area contributed by atoms with Crippen LogP contribution in [0.5, 0.6) is 5.75 Å². The van der Waals surface area contributed by atoms with Gasteiger partial charge in [0.05, 0.1) is 11.5 Å². The molecule has 2 aromatic carbocycles. The first kappa shape index (κ1) is 20.9. The van der Waals surface area contributed by atoms with Crippen LogP contribution in [0.1, 0.15) is 32.8 Å². The summed E-state index contributed by atoms with van der Waals surface area (Å²) in [6.07, 6.45) is 0.838. The van der Waals surface area contributed by atoms with Gasteiger partial charge in [0.25, 0.3) is 0 Å². The standard InChI is InChI=1S/C20H26N2O4S/c1-4-26-18-10-8-17(9-11-18)21-20(23)14-7-16-5-12-19(13-6-16)27(24,25)22-15(2)3/h5-6,8-13,15,22H,4,7,14H2,1-3H3,(H,21,23). The zero-order valence-corrected chi connectivity index (χ0v) is 16.7. The van der Waals surface area contributed by atoms with Crippen LogP contribution in [0.2, 0.25) is 0 Å². The molecule has 6 nitrogen and oxygen atoms in total. The molecule has 0 fully saturated rings. The van der Waals surface area contributed by atoms with Crippen molar-refractivity contribution >= 4 is 21.6 Å². The van der Waals surface area contributed by atoms with Crippen molar-refractivity contribution in [3.05, 3.63) is 54.1 Å². The molecular formula is C20H26N2O4S. The lowest BCUT2D eigenvalue weighted by Gasteiger charge is -2.10. The van der Waals surface area contributed by atoms with E-state index in [2.05, 4.69) is 10.0 Å². The molecule has 0 aliphatic rings. The van der Waals surface area contributed by atoms with Gasteiger partial charge in [0.2, 0.25) is 15.9 Å². The normalized spacial score (nSPS) is 11.4. The van der Waals surface area contributed by atoms with Crippen LogP contribution in [-0.2, 0) is 21.2 Å². The Labute approximate surface area is 161 Å². The van der Waals surface area contributed by atoms with Gasteiger partial charge in [0.15, 0.2) is 0 Å². The predicted molar refractivity (Wildman–Crippen MR) is 106 cm³/mol. The Morgan fingerprint density at radius 2 is 1.67 bits per heavy atom. The fourth-order valence-corrected chi connectivity index (χ4v) is 3.75. The van der Waals surface area contributed by atoms with Crippen LogP contribution in [0.4, 0.5) is 5.69 Å². The highest BCUT2D eigenvalue weighted by atomic mass is 32.2. The smallest absolute Gasteiger partial charge is 0.240 e. The summed E-state index contributed by atoms with van der Waals surface area (Å²) in [4.78, 5) is 12.3. The quantitative estimate of drug-likeness (QED) is 0.688. The van der Waals surface area contributed by atoms with E-state index in [-0.39, 0.29) is 16.8 Å². The number of hydrogen-bond donors (Lipinski definition) is 2. The lowest BCUT2D eigenvalue weighted by atomic mass is 10.1. The van der Waals surface area contributed by atoms with E-state index in [0.29, 0.717) is 25.1 Å². The third-order valence-corrected chi connectivity index (χ3v) is 5.39. The van der Waals surface area contributed by atoms with Gasteiger partial charge < -0.3 is 10.1 Å². The van der Waals surface area contributed by atoms with Crippen molar-refractivity contribution in [1.82, 2.24) is 4.72 Å². The van der Waals surface area contributed by atoms with Gasteiger partial charge in [-0.25, -0.2) is 13.1 Å². The lowest BCUT2D eigenvalue weighted by molar-refractivity contribution is -0.116. The Balaban J connectivity index is 1.88. The second kappa shape index (κ2) is 9.53. The van der Waals surface area contributed by atoms with E-state index in [4.69, 9.17) is 4.74 Å². The predicted octanol–water partition coefficient (Wildman–Crippen LogP) is 3.34. The van der Waals surface area contributed by atoms with E-state index >= 15 is 0 Å². The highest BCUT2D eigenvalue weighted by molar-refractivity contribution is 7.89. The number of aryl methyl sites for hydroxylation is 1. The summed E-state index contributed by atoms with van der Waals surface area (Å²) in [5.74, 6) is 0.662. The first-order chi connectivity index (χ1) is 12.8. The zero-order valence-electron chi connectivity index (χ0n) is 15.9. The number of rotatable bonds is 9. The molecule has 2 aromatic rings.